The molecule has 120 valence electrons. The summed E-state index contributed by atoms with van der Waals surface area (Å²) in [5.74, 6) is -0.0877. The number of ether oxygens (including phenoxy) is 1. The maximum atomic E-state index is 12.3. The fraction of sp³-hybridized carbons (Fsp3) is 0.500. The zero-order chi connectivity index (χ0) is 15.9. The normalized spacial score (nSPS) is 19.5. The van der Waals surface area contributed by atoms with Gasteiger partial charge in [0.15, 0.2) is 0 Å². The molecule has 0 aliphatic carbocycles. The topological polar surface area (TPSA) is 70.7 Å². The minimum atomic E-state index is -0.397. The first-order chi connectivity index (χ1) is 10.7. The molecule has 1 heterocycles. The summed E-state index contributed by atoms with van der Waals surface area (Å²) in [6, 6.07) is 9.11. The first kappa shape index (κ1) is 16.3. The third kappa shape index (κ3) is 3.76. The van der Waals surface area contributed by atoms with Gasteiger partial charge in [0.05, 0.1) is 6.10 Å². The zero-order valence-electron chi connectivity index (χ0n) is 13.0. The highest BCUT2D eigenvalue weighted by Crippen LogP contribution is 2.15. The highest BCUT2D eigenvalue weighted by Gasteiger charge is 2.31. The molecule has 1 saturated heterocycles. The van der Waals surface area contributed by atoms with Gasteiger partial charge < -0.3 is 20.3 Å². The number of carbonyl (C=O) groups excluding carboxylic acids is 2. The summed E-state index contributed by atoms with van der Waals surface area (Å²) in [7, 11) is 1.62. The molecule has 2 rings (SSSR count). The van der Waals surface area contributed by atoms with Gasteiger partial charge >= 0.3 is 6.03 Å². The lowest BCUT2D eigenvalue weighted by Gasteiger charge is -2.34. The number of piperazine rings is 1. The zero-order valence-corrected chi connectivity index (χ0v) is 13.0. The Bertz CT molecular complexity index is 507. The van der Waals surface area contributed by atoms with Crippen LogP contribution in [-0.4, -0.2) is 49.6 Å². The molecule has 0 saturated carbocycles. The van der Waals surface area contributed by atoms with Crippen LogP contribution in [0.3, 0.4) is 0 Å². The lowest BCUT2D eigenvalue weighted by Crippen LogP contribution is -2.59. The van der Waals surface area contributed by atoms with Crippen LogP contribution in [0.15, 0.2) is 30.3 Å². The van der Waals surface area contributed by atoms with E-state index in [4.69, 9.17) is 4.74 Å². The van der Waals surface area contributed by atoms with Gasteiger partial charge in [-0.25, -0.2) is 4.79 Å². The molecule has 2 unspecified atom stereocenters. The molecule has 1 aromatic carbocycles. The van der Waals surface area contributed by atoms with Crippen molar-refractivity contribution in [3.63, 3.8) is 0 Å². The molecule has 0 radical (unpaired) electrons. The van der Waals surface area contributed by atoms with E-state index in [0.717, 1.165) is 5.56 Å². The number of rotatable bonds is 5. The predicted octanol–water partition coefficient (Wildman–Crippen LogP) is 1.29. The first-order valence-corrected chi connectivity index (χ1v) is 7.57. The van der Waals surface area contributed by atoms with Crippen LogP contribution in [0.4, 0.5) is 4.79 Å². The summed E-state index contributed by atoms with van der Waals surface area (Å²) in [4.78, 5) is 25.7. The maximum absolute atomic E-state index is 12.3. The van der Waals surface area contributed by atoms with E-state index in [2.05, 4.69) is 10.6 Å². The third-order valence-electron chi connectivity index (χ3n) is 3.87. The number of nitrogens with zero attached hydrogens (tertiary/aromatic N) is 1. The Balaban J connectivity index is 1.95. The molecule has 1 fully saturated rings. The van der Waals surface area contributed by atoms with E-state index in [0.29, 0.717) is 26.1 Å². The molecule has 6 nitrogen and oxygen atoms in total. The molecule has 1 aliphatic heterocycles. The molecule has 22 heavy (non-hydrogen) atoms. The first-order valence-electron chi connectivity index (χ1n) is 7.57. The Hall–Kier alpha value is -2.08. The van der Waals surface area contributed by atoms with Crippen LogP contribution < -0.4 is 10.6 Å². The van der Waals surface area contributed by atoms with E-state index in [1.165, 1.54) is 0 Å². The van der Waals surface area contributed by atoms with Gasteiger partial charge in [-0.2, -0.15) is 0 Å². The Morgan fingerprint density at radius 1 is 1.45 bits per heavy atom. The molecule has 1 aromatic rings. The van der Waals surface area contributed by atoms with E-state index < -0.39 is 6.04 Å². The van der Waals surface area contributed by atoms with Crippen molar-refractivity contribution >= 4 is 11.9 Å². The van der Waals surface area contributed by atoms with Gasteiger partial charge in [0.2, 0.25) is 5.91 Å². The van der Waals surface area contributed by atoms with Crippen molar-refractivity contribution in [2.75, 3.05) is 26.7 Å². The molecule has 3 amide bonds. The Kier molecular flexibility index (Phi) is 5.77. The van der Waals surface area contributed by atoms with Crippen molar-refractivity contribution in [2.45, 2.75) is 25.5 Å². The number of amides is 3. The van der Waals surface area contributed by atoms with Crippen LogP contribution in [0.2, 0.25) is 0 Å². The standard InChI is InChI=1S/C16H23N3O3/c1-3-13-15(20)17-9-10-19(13)16(21)18-11-14(22-2)12-7-5-4-6-8-12/h4-8,13-14H,3,9-11H2,1-2H3,(H,17,20)(H,18,21). The molecule has 0 spiro atoms. The number of hydrogen-bond acceptors (Lipinski definition) is 3. The van der Waals surface area contributed by atoms with Crippen LogP contribution in [0.1, 0.15) is 25.0 Å². The number of methoxy groups -OCH3 is 1. The lowest BCUT2D eigenvalue weighted by atomic mass is 10.1. The van der Waals surface area contributed by atoms with Crippen molar-refractivity contribution in [3.8, 4) is 0 Å². The summed E-state index contributed by atoms with van der Waals surface area (Å²) < 4.78 is 5.44. The third-order valence-corrected chi connectivity index (χ3v) is 3.87. The second kappa shape index (κ2) is 7.79. The number of nitrogens with one attached hydrogen (secondary N) is 2. The number of hydrogen-bond donors (Lipinski definition) is 2. The fourth-order valence-electron chi connectivity index (χ4n) is 2.65. The van der Waals surface area contributed by atoms with Crippen molar-refractivity contribution < 1.29 is 14.3 Å². The quantitative estimate of drug-likeness (QED) is 0.861. The van der Waals surface area contributed by atoms with Crippen molar-refractivity contribution in [1.29, 1.82) is 0 Å². The number of benzene rings is 1. The molecule has 1 aliphatic rings. The highest BCUT2D eigenvalue weighted by atomic mass is 16.5. The largest absolute Gasteiger partial charge is 0.375 e. The Morgan fingerprint density at radius 2 is 2.18 bits per heavy atom. The average molecular weight is 305 g/mol. The second-order valence-electron chi connectivity index (χ2n) is 5.23. The van der Waals surface area contributed by atoms with E-state index in [-0.39, 0.29) is 18.0 Å². The summed E-state index contributed by atoms with van der Waals surface area (Å²) in [6.07, 6.45) is 0.398. The van der Waals surface area contributed by atoms with Crippen molar-refractivity contribution in [1.82, 2.24) is 15.5 Å². The molecule has 2 atom stereocenters. The predicted molar refractivity (Wildman–Crippen MR) is 83.4 cm³/mol. The van der Waals surface area contributed by atoms with Crippen LogP contribution in [0.25, 0.3) is 0 Å². The maximum Gasteiger partial charge on any atom is 0.318 e. The lowest BCUT2D eigenvalue weighted by molar-refractivity contribution is -0.127. The number of urea groups is 1. The highest BCUT2D eigenvalue weighted by molar-refractivity contribution is 5.88. The Labute approximate surface area is 130 Å². The SMILES string of the molecule is CCC1C(=O)NCCN1C(=O)NCC(OC)c1ccccc1. The van der Waals surface area contributed by atoms with E-state index >= 15 is 0 Å². The summed E-state index contributed by atoms with van der Waals surface area (Å²) in [6.45, 7) is 3.29. The summed E-state index contributed by atoms with van der Waals surface area (Å²) in [5.41, 5.74) is 1.01. The van der Waals surface area contributed by atoms with Gasteiger partial charge in [0.1, 0.15) is 6.04 Å². The van der Waals surface area contributed by atoms with Gasteiger partial charge in [-0.05, 0) is 12.0 Å². The second-order valence-corrected chi connectivity index (χ2v) is 5.23. The molecular formula is C16H23N3O3. The van der Waals surface area contributed by atoms with Gasteiger partial charge in [-0.3, -0.25) is 4.79 Å². The van der Waals surface area contributed by atoms with E-state index in [1.807, 2.05) is 37.3 Å². The average Bonchev–Trinajstić information content (AvgIpc) is 2.56. The van der Waals surface area contributed by atoms with E-state index in [9.17, 15) is 9.59 Å². The molecule has 6 heteroatoms. The smallest absolute Gasteiger partial charge is 0.318 e. The van der Waals surface area contributed by atoms with Crippen LogP contribution in [0, 0.1) is 0 Å². The number of carbonyl (C=O) groups is 2. The van der Waals surface area contributed by atoms with Gasteiger partial charge in [0, 0.05) is 26.7 Å². The minimum absolute atomic E-state index is 0.0877. The minimum Gasteiger partial charge on any atom is -0.375 e. The van der Waals surface area contributed by atoms with Gasteiger partial charge in [-0.15, -0.1) is 0 Å². The fourth-order valence-corrected chi connectivity index (χ4v) is 2.65. The van der Waals surface area contributed by atoms with Crippen LogP contribution in [0.5, 0.6) is 0 Å². The Morgan fingerprint density at radius 3 is 2.82 bits per heavy atom. The van der Waals surface area contributed by atoms with Gasteiger partial charge in [-0.1, -0.05) is 37.3 Å². The molecular weight excluding hydrogens is 282 g/mol. The van der Waals surface area contributed by atoms with Crippen molar-refractivity contribution in [2.24, 2.45) is 0 Å². The monoisotopic (exact) mass is 305 g/mol. The van der Waals surface area contributed by atoms with Crippen LogP contribution >= 0.6 is 0 Å². The van der Waals surface area contributed by atoms with Crippen LogP contribution in [-0.2, 0) is 9.53 Å². The molecule has 0 aromatic heterocycles. The summed E-state index contributed by atoms with van der Waals surface area (Å²) in [5, 5.41) is 5.65. The molecule has 0 bridgehead atoms. The van der Waals surface area contributed by atoms with Crippen molar-refractivity contribution in [3.05, 3.63) is 35.9 Å². The van der Waals surface area contributed by atoms with E-state index in [1.54, 1.807) is 12.0 Å². The summed E-state index contributed by atoms with van der Waals surface area (Å²) >= 11 is 0. The molecule has 2 N–H and O–H groups in total. The van der Waals surface area contributed by atoms with Gasteiger partial charge in [0.25, 0.3) is 0 Å².